The minimum atomic E-state index is -0.267. The number of rotatable bonds is 6. The standard InChI is InChI=1S/C23H30BN7O/c1-23(2,3)16-31(21-19(24)14-26-20(13-25)27-21)28-22(32)18-7-5-17(6-8-18)15-30-11-9-29(4)10-12-30/h5-8,14H,9-12,15-16H2,1-4H3,(H,28,32). The fourth-order valence-electron chi connectivity index (χ4n) is 3.51. The van der Waals surface area contributed by atoms with Gasteiger partial charge >= 0.3 is 0 Å². The van der Waals surface area contributed by atoms with Crippen LogP contribution in [-0.4, -0.2) is 73.3 Å². The SMILES string of the molecule is [B]c1cnc(C#N)nc1N(CC(C)(C)C)NC(=O)c1ccc(CN2CCN(C)CC2)cc1. The molecule has 2 radical (unpaired) electrons. The summed E-state index contributed by atoms with van der Waals surface area (Å²) in [7, 11) is 8.20. The Kier molecular flexibility index (Phi) is 7.49. The Morgan fingerprint density at radius 1 is 1.22 bits per heavy atom. The fourth-order valence-corrected chi connectivity index (χ4v) is 3.51. The van der Waals surface area contributed by atoms with Crippen molar-refractivity contribution < 1.29 is 4.79 Å². The summed E-state index contributed by atoms with van der Waals surface area (Å²) in [6, 6.07) is 9.57. The molecular formula is C23H30BN7O. The van der Waals surface area contributed by atoms with Gasteiger partial charge in [-0.05, 0) is 35.6 Å². The van der Waals surface area contributed by atoms with Crippen molar-refractivity contribution in [3.8, 4) is 6.07 Å². The zero-order valence-electron chi connectivity index (χ0n) is 19.3. The zero-order chi connectivity index (χ0) is 23.3. The van der Waals surface area contributed by atoms with E-state index in [9.17, 15) is 4.79 Å². The Balaban J connectivity index is 1.72. The molecule has 1 aliphatic heterocycles. The highest BCUT2D eigenvalue weighted by molar-refractivity contribution is 6.35. The van der Waals surface area contributed by atoms with Crippen LogP contribution in [0.2, 0.25) is 0 Å². The second-order valence-electron chi connectivity index (χ2n) is 9.45. The normalized spacial score (nSPS) is 15.2. The van der Waals surface area contributed by atoms with E-state index in [1.165, 1.54) is 11.8 Å². The third-order valence-corrected chi connectivity index (χ3v) is 5.24. The number of nitrogens with zero attached hydrogens (tertiary/aromatic N) is 6. The molecule has 2 aromatic rings. The number of carbonyl (C=O) groups is 1. The zero-order valence-corrected chi connectivity index (χ0v) is 19.3. The number of hydrogen-bond acceptors (Lipinski definition) is 7. The lowest BCUT2D eigenvalue weighted by molar-refractivity contribution is 0.0945. The summed E-state index contributed by atoms with van der Waals surface area (Å²) in [6.45, 7) is 11.7. The molecule has 32 heavy (non-hydrogen) atoms. The number of anilines is 1. The highest BCUT2D eigenvalue weighted by Gasteiger charge is 2.22. The Bertz CT molecular complexity index is 973. The molecule has 1 amide bonds. The topological polar surface area (TPSA) is 88.4 Å². The van der Waals surface area contributed by atoms with Crippen molar-refractivity contribution in [1.29, 1.82) is 5.26 Å². The van der Waals surface area contributed by atoms with E-state index in [-0.39, 0.29) is 22.6 Å². The molecular weight excluding hydrogens is 401 g/mol. The molecule has 1 aliphatic rings. The number of hydrazine groups is 1. The van der Waals surface area contributed by atoms with Crippen molar-refractivity contribution in [2.75, 3.05) is 44.8 Å². The maximum absolute atomic E-state index is 13.0. The maximum atomic E-state index is 13.0. The number of carbonyl (C=O) groups excluding carboxylic acids is 1. The molecule has 0 bridgehead atoms. The molecule has 2 heterocycles. The summed E-state index contributed by atoms with van der Waals surface area (Å²) in [5.74, 6) is 0.0408. The average Bonchev–Trinajstić information content (AvgIpc) is 2.75. The van der Waals surface area contributed by atoms with Gasteiger partial charge in [0.15, 0.2) is 0 Å². The molecule has 9 heteroatoms. The number of piperazine rings is 1. The van der Waals surface area contributed by atoms with Crippen molar-refractivity contribution in [3.05, 3.63) is 47.4 Å². The summed E-state index contributed by atoms with van der Waals surface area (Å²) in [4.78, 5) is 25.9. The van der Waals surface area contributed by atoms with Crippen molar-refractivity contribution in [2.45, 2.75) is 27.3 Å². The lowest BCUT2D eigenvalue weighted by atomic mass is 9.95. The second kappa shape index (κ2) is 10.1. The minimum absolute atomic E-state index is 0.00406. The summed E-state index contributed by atoms with van der Waals surface area (Å²) in [5, 5.41) is 10.8. The predicted molar refractivity (Wildman–Crippen MR) is 126 cm³/mol. The number of amides is 1. The van der Waals surface area contributed by atoms with Gasteiger partial charge in [0.1, 0.15) is 19.7 Å². The summed E-state index contributed by atoms with van der Waals surface area (Å²) < 4.78 is 0. The molecule has 1 aromatic carbocycles. The van der Waals surface area contributed by atoms with Crippen LogP contribution < -0.4 is 15.9 Å². The molecule has 0 saturated carbocycles. The van der Waals surface area contributed by atoms with Crippen LogP contribution >= 0.6 is 0 Å². The monoisotopic (exact) mass is 431 g/mol. The quantitative estimate of drug-likeness (QED) is 0.541. The lowest BCUT2D eigenvalue weighted by Crippen LogP contribution is -2.49. The number of hydrogen-bond donors (Lipinski definition) is 1. The van der Waals surface area contributed by atoms with Crippen LogP contribution in [0.1, 0.15) is 42.5 Å². The van der Waals surface area contributed by atoms with Crippen LogP contribution in [0, 0.1) is 16.7 Å². The molecule has 1 saturated heterocycles. The van der Waals surface area contributed by atoms with Gasteiger partial charge in [0.25, 0.3) is 5.91 Å². The van der Waals surface area contributed by atoms with Crippen LogP contribution in [0.4, 0.5) is 5.82 Å². The number of aromatic nitrogens is 2. The van der Waals surface area contributed by atoms with Gasteiger partial charge < -0.3 is 4.90 Å². The van der Waals surface area contributed by atoms with Gasteiger partial charge in [0.05, 0.1) is 0 Å². The molecule has 0 spiro atoms. The first kappa shape index (κ1) is 23.7. The minimum Gasteiger partial charge on any atom is -0.304 e. The van der Waals surface area contributed by atoms with Gasteiger partial charge in [0, 0.05) is 51.0 Å². The van der Waals surface area contributed by atoms with E-state index in [1.54, 1.807) is 5.01 Å². The van der Waals surface area contributed by atoms with Crippen molar-refractivity contribution >= 4 is 25.0 Å². The van der Waals surface area contributed by atoms with Crippen LogP contribution in [0.15, 0.2) is 30.5 Å². The van der Waals surface area contributed by atoms with Gasteiger partial charge in [0.2, 0.25) is 5.82 Å². The highest BCUT2D eigenvalue weighted by Crippen LogP contribution is 2.18. The van der Waals surface area contributed by atoms with E-state index in [1.807, 2.05) is 51.1 Å². The van der Waals surface area contributed by atoms with Gasteiger partial charge in [-0.2, -0.15) is 5.26 Å². The third kappa shape index (κ3) is 6.52. The maximum Gasteiger partial charge on any atom is 0.269 e. The van der Waals surface area contributed by atoms with Gasteiger partial charge in [-0.15, -0.1) is 0 Å². The van der Waals surface area contributed by atoms with Gasteiger partial charge in [-0.25, -0.2) is 9.97 Å². The summed E-state index contributed by atoms with van der Waals surface area (Å²) >= 11 is 0. The van der Waals surface area contributed by atoms with Crippen LogP contribution in [0.5, 0.6) is 0 Å². The van der Waals surface area contributed by atoms with Gasteiger partial charge in [-0.1, -0.05) is 32.9 Å². The molecule has 1 fully saturated rings. The second-order valence-corrected chi connectivity index (χ2v) is 9.45. The Labute approximate surface area is 191 Å². The summed E-state index contributed by atoms with van der Waals surface area (Å²) in [6.07, 6.45) is 1.38. The van der Waals surface area contributed by atoms with E-state index in [2.05, 4.69) is 32.2 Å². The van der Waals surface area contributed by atoms with Gasteiger partial charge in [-0.3, -0.25) is 20.1 Å². The first-order chi connectivity index (χ1) is 15.1. The number of nitrogens with one attached hydrogen (secondary N) is 1. The van der Waals surface area contributed by atoms with E-state index in [0.29, 0.717) is 17.9 Å². The molecule has 166 valence electrons. The van der Waals surface area contributed by atoms with Crippen molar-refractivity contribution in [1.82, 2.24) is 25.2 Å². The first-order valence-electron chi connectivity index (χ1n) is 10.8. The smallest absolute Gasteiger partial charge is 0.269 e. The third-order valence-electron chi connectivity index (χ3n) is 5.24. The molecule has 1 N–H and O–H groups in total. The molecule has 0 aliphatic carbocycles. The van der Waals surface area contributed by atoms with Crippen molar-refractivity contribution in [3.63, 3.8) is 0 Å². The highest BCUT2D eigenvalue weighted by atomic mass is 16.2. The average molecular weight is 431 g/mol. The van der Waals surface area contributed by atoms with Crippen LogP contribution in [-0.2, 0) is 6.54 Å². The van der Waals surface area contributed by atoms with Crippen molar-refractivity contribution in [2.24, 2.45) is 5.41 Å². The number of nitriles is 1. The van der Waals surface area contributed by atoms with E-state index in [0.717, 1.165) is 32.7 Å². The lowest BCUT2D eigenvalue weighted by Gasteiger charge is -2.32. The Hall–Kier alpha value is -2.96. The first-order valence-corrected chi connectivity index (χ1v) is 10.8. The predicted octanol–water partition coefficient (Wildman–Crippen LogP) is 1.09. The van der Waals surface area contributed by atoms with E-state index in [4.69, 9.17) is 13.1 Å². The van der Waals surface area contributed by atoms with E-state index >= 15 is 0 Å². The fraction of sp³-hybridized carbons (Fsp3) is 0.478. The molecule has 0 atom stereocenters. The molecule has 3 rings (SSSR count). The summed E-state index contributed by atoms with van der Waals surface area (Å²) in [5.41, 5.74) is 4.75. The Morgan fingerprint density at radius 3 is 2.47 bits per heavy atom. The Morgan fingerprint density at radius 2 is 1.88 bits per heavy atom. The van der Waals surface area contributed by atoms with E-state index < -0.39 is 0 Å². The van der Waals surface area contributed by atoms with Crippen LogP contribution in [0.3, 0.4) is 0 Å². The molecule has 8 nitrogen and oxygen atoms in total. The number of likely N-dealkylation sites (N-methyl/N-ethyl adjacent to an activating group) is 1. The molecule has 1 aromatic heterocycles. The largest absolute Gasteiger partial charge is 0.304 e. The van der Waals surface area contributed by atoms with Crippen LogP contribution in [0.25, 0.3) is 0 Å². The molecule has 0 unspecified atom stereocenters. The number of benzene rings is 1.